The summed E-state index contributed by atoms with van der Waals surface area (Å²) in [6.45, 7) is 3.92. The number of thiazole rings is 1. The topological polar surface area (TPSA) is 54.6 Å². The van der Waals surface area contributed by atoms with E-state index in [-0.39, 0.29) is 5.69 Å². The molecule has 2 heterocycles. The number of carboxylic acid groups (broad SMARTS) is 1. The Bertz CT molecular complexity index is 915. The molecule has 7 heteroatoms. The Morgan fingerprint density at radius 3 is 2.61 bits per heavy atom. The number of hydrogen-bond acceptors (Lipinski definition) is 3. The molecule has 0 saturated heterocycles. The van der Waals surface area contributed by atoms with Gasteiger partial charge in [-0.3, -0.25) is 4.40 Å². The Kier molecular flexibility index (Phi) is 4.36. The van der Waals surface area contributed by atoms with Crippen molar-refractivity contribution in [1.82, 2.24) is 9.38 Å². The Morgan fingerprint density at radius 2 is 2.04 bits per heavy atom. The van der Waals surface area contributed by atoms with E-state index in [1.807, 2.05) is 19.9 Å². The first-order valence-corrected chi connectivity index (χ1v) is 8.76. The summed E-state index contributed by atoms with van der Waals surface area (Å²) in [5, 5.41) is 10.7. The number of carboxylic acids is 1. The van der Waals surface area contributed by atoms with Crippen LogP contribution in [0, 0.1) is 0 Å². The average molecular weight is 369 g/mol. The standard InChI is InChI=1S/C16H14Cl2N2O2S/c1-3-11-14(15(21)22)20-13(12(4-2)23-16(20)19-11)9-6-5-8(17)7-10(9)18/h5-7H,3-4H2,1-2H3,(H,21,22). The lowest BCUT2D eigenvalue weighted by molar-refractivity contribution is 0.0688. The van der Waals surface area contributed by atoms with Crippen LogP contribution in [0.15, 0.2) is 18.2 Å². The number of aryl methyl sites for hydroxylation is 2. The number of aromatic carboxylic acids is 1. The second kappa shape index (κ2) is 6.15. The summed E-state index contributed by atoms with van der Waals surface area (Å²) in [7, 11) is 0. The van der Waals surface area contributed by atoms with E-state index >= 15 is 0 Å². The van der Waals surface area contributed by atoms with E-state index in [0.29, 0.717) is 27.1 Å². The number of carbonyl (C=O) groups is 1. The van der Waals surface area contributed by atoms with Crippen molar-refractivity contribution in [2.75, 3.05) is 0 Å². The Morgan fingerprint density at radius 1 is 1.30 bits per heavy atom. The zero-order valence-corrected chi connectivity index (χ0v) is 14.9. The summed E-state index contributed by atoms with van der Waals surface area (Å²) in [5.41, 5.74) is 2.35. The van der Waals surface area contributed by atoms with Crippen molar-refractivity contribution in [3.8, 4) is 11.3 Å². The molecule has 0 amide bonds. The normalized spacial score (nSPS) is 11.3. The summed E-state index contributed by atoms with van der Waals surface area (Å²) < 4.78 is 1.71. The number of rotatable bonds is 4. The Hall–Kier alpha value is -1.56. The highest BCUT2D eigenvalue weighted by molar-refractivity contribution is 7.17. The van der Waals surface area contributed by atoms with Gasteiger partial charge >= 0.3 is 5.97 Å². The van der Waals surface area contributed by atoms with Gasteiger partial charge in [0.15, 0.2) is 10.7 Å². The molecule has 3 rings (SSSR count). The predicted octanol–water partition coefficient (Wildman–Crippen LogP) is 5.19. The van der Waals surface area contributed by atoms with E-state index < -0.39 is 5.97 Å². The second-order valence-corrected chi connectivity index (χ2v) is 6.94. The van der Waals surface area contributed by atoms with Crippen LogP contribution in [0.5, 0.6) is 0 Å². The van der Waals surface area contributed by atoms with Crippen LogP contribution in [-0.2, 0) is 12.8 Å². The summed E-state index contributed by atoms with van der Waals surface area (Å²) in [5.74, 6) is -0.985. The SMILES string of the molecule is CCc1nc2sc(CC)c(-c3ccc(Cl)cc3Cl)n2c1C(=O)O. The molecule has 0 aliphatic heterocycles. The first-order valence-electron chi connectivity index (χ1n) is 7.19. The second-order valence-electron chi connectivity index (χ2n) is 5.04. The molecule has 0 unspecified atom stereocenters. The fraction of sp³-hybridized carbons (Fsp3) is 0.250. The third-order valence-corrected chi connectivity index (χ3v) is 5.40. The van der Waals surface area contributed by atoms with Crippen LogP contribution >= 0.6 is 34.5 Å². The average Bonchev–Trinajstić information content (AvgIpc) is 3.02. The minimum atomic E-state index is -0.985. The van der Waals surface area contributed by atoms with Gasteiger partial charge in [0, 0.05) is 15.5 Å². The molecule has 1 aromatic carbocycles. The van der Waals surface area contributed by atoms with E-state index in [1.165, 1.54) is 11.3 Å². The van der Waals surface area contributed by atoms with Crippen molar-refractivity contribution in [3.63, 3.8) is 0 Å². The van der Waals surface area contributed by atoms with Crippen LogP contribution in [0.4, 0.5) is 0 Å². The lowest BCUT2D eigenvalue weighted by Crippen LogP contribution is -2.06. The van der Waals surface area contributed by atoms with E-state index in [4.69, 9.17) is 23.2 Å². The highest BCUT2D eigenvalue weighted by Crippen LogP contribution is 2.38. The van der Waals surface area contributed by atoms with Gasteiger partial charge in [-0.05, 0) is 31.0 Å². The van der Waals surface area contributed by atoms with E-state index in [1.54, 1.807) is 16.5 Å². The number of benzene rings is 1. The minimum Gasteiger partial charge on any atom is -0.477 e. The fourth-order valence-electron chi connectivity index (χ4n) is 2.66. The van der Waals surface area contributed by atoms with Crippen LogP contribution in [0.2, 0.25) is 10.0 Å². The van der Waals surface area contributed by atoms with Gasteiger partial charge in [-0.25, -0.2) is 9.78 Å². The van der Waals surface area contributed by atoms with E-state index in [2.05, 4.69) is 4.98 Å². The number of fused-ring (bicyclic) bond motifs is 1. The molecule has 2 aromatic heterocycles. The smallest absolute Gasteiger partial charge is 0.354 e. The van der Waals surface area contributed by atoms with Crippen molar-refractivity contribution in [2.45, 2.75) is 26.7 Å². The maximum Gasteiger partial charge on any atom is 0.354 e. The molecule has 1 N–H and O–H groups in total. The van der Waals surface area contributed by atoms with Crippen molar-refractivity contribution in [3.05, 3.63) is 44.5 Å². The van der Waals surface area contributed by atoms with Crippen LogP contribution in [0.1, 0.15) is 34.9 Å². The molecule has 0 aliphatic carbocycles. The van der Waals surface area contributed by atoms with Crippen LogP contribution in [0.25, 0.3) is 16.2 Å². The molecule has 0 radical (unpaired) electrons. The maximum atomic E-state index is 11.8. The molecule has 23 heavy (non-hydrogen) atoms. The largest absolute Gasteiger partial charge is 0.477 e. The fourth-order valence-corrected chi connectivity index (χ4v) is 4.25. The van der Waals surface area contributed by atoms with E-state index in [9.17, 15) is 9.90 Å². The monoisotopic (exact) mass is 368 g/mol. The van der Waals surface area contributed by atoms with E-state index in [0.717, 1.165) is 22.6 Å². The van der Waals surface area contributed by atoms with Gasteiger partial charge < -0.3 is 5.11 Å². The number of halogens is 2. The minimum absolute atomic E-state index is 0.208. The Labute approximate surface area is 147 Å². The molecule has 4 nitrogen and oxygen atoms in total. The number of nitrogens with zero attached hydrogens (tertiary/aromatic N) is 2. The molecule has 0 spiro atoms. The summed E-state index contributed by atoms with van der Waals surface area (Å²) in [4.78, 5) is 18.0. The zero-order valence-electron chi connectivity index (χ0n) is 12.6. The lowest BCUT2D eigenvalue weighted by atomic mass is 10.1. The molecular formula is C16H14Cl2N2O2S. The molecule has 120 valence electrons. The highest BCUT2D eigenvalue weighted by atomic mass is 35.5. The molecule has 0 aliphatic rings. The van der Waals surface area contributed by atoms with Crippen LogP contribution < -0.4 is 0 Å². The summed E-state index contributed by atoms with van der Waals surface area (Å²) >= 11 is 13.8. The number of imidazole rings is 1. The molecular weight excluding hydrogens is 355 g/mol. The third-order valence-electron chi connectivity index (χ3n) is 3.67. The lowest BCUT2D eigenvalue weighted by Gasteiger charge is -2.08. The van der Waals surface area contributed by atoms with Crippen molar-refractivity contribution in [1.29, 1.82) is 0 Å². The van der Waals surface area contributed by atoms with Gasteiger partial charge in [-0.1, -0.05) is 37.0 Å². The molecule has 0 bridgehead atoms. The summed E-state index contributed by atoms with van der Waals surface area (Å²) in [6, 6.07) is 5.24. The van der Waals surface area contributed by atoms with Crippen molar-refractivity contribution < 1.29 is 9.90 Å². The van der Waals surface area contributed by atoms with Crippen LogP contribution in [-0.4, -0.2) is 20.5 Å². The van der Waals surface area contributed by atoms with Crippen LogP contribution in [0.3, 0.4) is 0 Å². The maximum absolute atomic E-state index is 11.8. The highest BCUT2D eigenvalue weighted by Gasteiger charge is 2.25. The van der Waals surface area contributed by atoms with Gasteiger partial charge in [0.2, 0.25) is 0 Å². The first kappa shape index (κ1) is 16.3. The number of hydrogen-bond donors (Lipinski definition) is 1. The molecule has 0 saturated carbocycles. The molecule has 3 aromatic rings. The van der Waals surface area contributed by atoms with Gasteiger partial charge in [-0.15, -0.1) is 11.3 Å². The Balaban J connectivity index is 2.42. The number of aromatic nitrogens is 2. The predicted molar refractivity (Wildman–Crippen MR) is 94.2 cm³/mol. The molecule has 0 fully saturated rings. The zero-order chi connectivity index (χ0) is 16.7. The van der Waals surface area contributed by atoms with Gasteiger partial charge in [-0.2, -0.15) is 0 Å². The van der Waals surface area contributed by atoms with Crippen molar-refractivity contribution in [2.24, 2.45) is 0 Å². The van der Waals surface area contributed by atoms with Crippen molar-refractivity contribution >= 4 is 45.5 Å². The summed E-state index contributed by atoms with van der Waals surface area (Å²) in [6.07, 6.45) is 1.33. The third kappa shape index (κ3) is 2.63. The molecule has 0 atom stereocenters. The van der Waals surface area contributed by atoms with Gasteiger partial charge in [0.25, 0.3) is 0 Å². The van der Waals surface area contributed by atoms with Gasteiger partial charge in [0.1, 0.15) is 0 Å². The quantitative estimate of drug-likeness (QED) is 0.688. The van der Waals surface area contributed by atoms with Gasteiger partial charge in [0.05, 0.1) is 16.4 Å². The first-order chi connectivity index (χ1) is 11.0.